The average molecular weight is 113 g/mol. The van der Waals surface area contributed by atoms with Crippen LogP contribution in [0, 0.1) is 18.8 Å². The van der Waals surface area contributed by atoms with Crippen LogP contribution < -0.4 is 0 Å². The predicted molar refractivity (Wildman–Crippen MR) is 36.1 cm³/mol. The highest BCUT2D eigenvalue weighted by Crippen LogP contribution is 1.93. The van der Waals surface area contributed by atoms with E-state index in [4.69, 9.17) is 0 Å². The Morgan fingerprint density at radius 1 is 1.71 bits per heavy atom. The number of rotatable bonds is 2. The van der Waals surface area contributed by atoms with Crippen molar-refractivity contribution in [1.29, 1.82) is 0 Å². The van der Waals surface area contributed by atoms with Crippen LogP contribution in [0.1, 0.15) is 6.92 Å². The molecule has 0 unspecified atom stereocenters. The van der Waals surface area contributed by atoms with E-state index in [0.717, 1.165) is 11.5 Å². The molecule has 0 heterocycles. The second-order valence-corrected chi connectivity index (χ2v) is 2.26. The van der Waals surface area contributed by atoms with Crippen LogP contribution in [0.15, 0.2) is 0 Å². The minimum Gasteiger partial charge on any atom is -0.149 e. The Kier molecular flexibility index (Phi) is 5.83. The molecule has 0 aromatic carbocycles. The molecule has 0 N–H and O–H groups in total. The molecule has 1 radical (unpaired) electrons. The topological polar surface area (TPSA) is 0 Å². The fourth-order valence-corrected chi connectivity index (χ4v) is 0.612. The third kappa shape index (κ3) is 5.91. The van der Waals surface area contributed by atoms with Crippen molar-refractivity contribution in [3.05, 3.63) is 6.92 Å². The molecular weight excluding hydrogens is 104 g/mol. The van der Waals surface area contributed by atoms with Gasteiger partial charge in [0.05, 0.1) is 5.75 Å². The van der Waals surface area contributed by atoms with Gasteiger partial charge in [0.2, 0.25) is 0 Å². The summed E-state index contributed by atoms with van der Waals surface area (Å²) in [6.07, 6.45) is 0. The molecule has 7 heavy (non-hydrogen) atoms. The van der Waals surface area contributed by atoms with Crippen LogP contribution >= 0.6 is 11.8 Å². The van der Waals surface area contributed by atoms with Crippen LogP contribution in [0.4, 0.5) is 0 Å². The second-order valence-electron chi connectivity index (χ2n) is 0.991. The first kappa shape index (κ1) is 6.91. The molecule has 0 aliphatic rings. The molecule has 0 spiro atoms. The van der Waals surface area contributed by atoms with Crippen molar-refractivity contribution in [2.45, 2.75) is 6.92 Å². The van der Waals surface area contributed by atoms with E-state index in [1.54, 1.807) is 0 Å². The van der Waals surface area contributed by atoms with E-state index in [2.05, 4.69) is 25.7 Å². The lowest BCUT2D eigenvalue weighted by Crippen LogP contribution is -1.69. The van der Waals surface area contributed by atoms with E-state index in [1.807, 2.05) is 11.8 Å². The fraction of sp³-hybridized carbons (Fsp3) is 0.500. The SMILES string of the molecule is [CH2]C#CCSCC. The van der Waals surface area contributed by atoms with E-state index in [-0.39, 0.29) is 0 Å². The predicted octanol–water partition coefficient (Wildman–Crippen LogP) is 1.58. The Morgan fingerprint density at radius 2 is 2.43 bits per heavy atom. The highest BCUT2D eigenvalue weighted by Gasteiger charge is 1.71. The first-order valence-electron chi connectivity index (χ1n) is 2.24. The Morgan fingerprint density at radius 3 is 2.86 bits per heavy atom. The van der Waals surface area contributed by atoms with Crippen LogP contribution in [0.25, 0.3) is 0 Å². The van der Waals surface area contributed by atoms with Gasteiger partial charge in [0, 0.05) is 6.92 Å². The summed E-state index contributed by atoms with van der Waals surface area (Å²) in [5.74, 6) is 7.51. The second kappa shape index (κ2) is 5.91. The monoisotopic (exact) mass is 113 g/mol. The number of hydrogen-bond acceptors (Lipinski definition) is 1. The minimum absolute atomic E-state index is 0.931. The molecule has 0 amide bonds. The average Bonchev–Trinajstić information content (AvgIpc) is 1.69. The maximum atomic E-state index is 3.38. The fourth-order valence-electron chi connectivity index (χ4n) is 0.204. The van der Waals surface area contributed by atoms with Crippen LogP contribution in [0.5, 0.6) is 0 Å². The molecule has 0 fully saturated rings. The first-order chi connectivity index (χ1) is 3.41. The standard InChI is InChI=1S/C6H9S/c1-3-5-6-7-4-2/h1,4,6H2,2H3. The molecule has 0 aromatic heterocycles. The van der Waals surface area contributed by atoms with Crippen LogP contribution in [0.3, 0.4) is 0 Å². The molecule has 0 rings (SSSR count). The largest absolute Gasteiger partial charge is 0.149 e. The molecule has 0 saturated carbocycles. The van der Waals surface area contributed by atoms with Crippen molar-refractivity contribution in [1.82, 2.24) is 0 Å². The lowest BCUT2D eigenvalue weighted by molar-refractivity contribution is 1.52. The van der Waals surface area contributed by atoms with E-state index in [9.17, 15) is 0 Å². The summed E-state index contributed by atoms with van der Waals surface area (Å²) in [6.45, 7) is 5.50. The van der Waals surface area contributed by atoms with Gasteiger partial charge in [0.1, 0.15) is 0 Å². The van der Waals surface area contributed by atoms with Gasteiger partial charge in [-0.1, -0.05) is 12.8 Å². The Hall–Kier alpha value is -0.0900. The summed E-state index contributed by atoms with van der Waals surface area (Å²) in [7, 11) is 0. The van der Waals surface area contributed by atoms with Gasteiger partial charge in [-0.05, 0) is 5.75 Å². The van der Waals surface area contributed by atoms with Gasteiger partial charge >= 0.3 is 0 Å². The van der Waals surface area contributed by atoms with Gasteiger partial charge in [-0.3, -0.25) is 0 Å². The molecule has 0 bridgehead atoms. The minimum atomic E-state index is 0.931. The van der Waals surface area contributed by atoms with Crippen molar-refractivity contribution in [3.63, 3.8) is 0 Å². The van der Waals surface area contributed by atoms with Crippen molar-refractivity contribution < 1.29 is 0 Å². The maximum Gasteiger partial charge on any atom is 0.0547 e. The normalized spacial score (nSPS) is 7.14. The zero-order valence-electron chi connectivity index (χ0n) is 4.53. The summed E-state index contributed by atoms with van der Waals surface area (Å²) in [5, 5.41) is 0. The van der Waals surface area contributed by atoms with Gasteiger partial charge in [-0.2, -0.15) is 0 Å². The lowest BCUT2D eigenvalue weighted by atomic mass is 10.7. The summed E-state index contributed by atoms with van der Waals surface area (Å²) in [6, 6.07) is 0. The summed E-state index contributed by atoms with van der Waals surface area (Å²) < 4.78 is 0. The molecule has 0 saturated heterocycles. The zero-order chi connectivity index (χ0) is 5.54. The van der Waals surface area contributed by atoms with Gasteiger partial charge < -0.3 is 0 Å². The van der Waals surface area contributed by atoms with Gasteiger partial charge in [-0.25, -0.2) is 0 Å². The smallest absolute Gasteiger partial charge is 0.0547 e. The Balaban J connectivity index is 2.78. The molecule has 39 valence electrons. The molecule has 0 aromatic rings. The van der Waals surface area contributed by atoms with Gasteiger partial charge in [-0.15, -0.1) is 17.7 Å². The summed E-state index contributed by atoms with van der Waals surface area (Å²) >= 11 is 1.82. The molecular formula is C6H9S. The molecule has 0 aliphatic carbocycles. The van der Waals surface area contributed by atoms with E-state index >= 15 is 0 Å². The lowest BCUT2D eigenvalue weighted by Gasteiger charge is -1.81. The van der Waals surface area contributed by atoms with Crippen LogP contribution in [0.2, 0.25) is 0 Å². The van der Waals surface area contributed by atoms with Crippen molar-refractivity contribution in [2.24, 2.45) is 0 Å². The highest BCUT2D eigenvalue weighted by molar-refractivity contribution is 7.99. The zero-order valence-corrected chi connectivity index (χ0v) is 5.35. The molecule has 1 heteroatoms. The van der Waals surface area contributed by atoms with E-state index < -0.39 is 0 Å². The van der Waals surface area contributed by atoms with E-state index in [0.29, 0.717) is 0 Å². The quantitative estimate of drug-likeness (QED) is 0.387. The number of thioether (sulfide) groups is 1. The van der Waals surface area contributed by atoms with Gasteiger partial charge in [0.25, 0.3) is 0 Å². The summed E-state index contributed by atoms with van der Waals surface area (Å²) in [4.78, 5) is 0. The first-order valence-corrected chi connectivity index (χ1v) is 3.40. The van der Waals surface area contributed by atoms with Crippen LogP contribution in [-0.2, 0) is 0 Å². The van der Waals surface area contributed by atoms with Crippen molar-refractivity contribution >= 4 is 11.8 Å². The van der Waals surface area contributed by atoms with Crippen molar-refractivity contribution in [3.8, 4) is 11.8 Å². The molecule has 0 nitrogen and oxygen atoms in total. The Bertz CT molecular complexity index is 75.9. The highest BCUT2D eigenvalue weighted by atomic mass is 32.2. The third-order valence-corrected chi connectivity index (χ3v) is 1.26. The van der Waals surface area contributed by atoms with Gasteiger partial charge in [0.15, 0.2) is 0 Å². The third-order valence-electron chi connectivity index (χ3n) is 0.503. The van der Waals surface area contributed by atoms with Crippen LogP contribution in [-0.4, -0.2) is 11.5 Å². The van der Waals surface area contributed by atoms with Crippen molar-refractivity contribution in [2.75, 3.05) is 11.5 Å². The molecule has 0 aliphatic heterocycles. The maximum absolute atomic E-state index is 3.38. The summed E-state index contributed by atoms with van der Waals surface area (Å²) in [5.41, 5.74) is 0. The Labute approximate surface area is 49.7 Å². The van der Waals surface area contributed by atoms with E-state index in [1.165, 1.54) is 0 Å². The number of hydrogen-bond donors (Lipinski definition) is 0. The molecule has 0 atom stereocenters.